The third-order valence-corrected chi connectivity index (χ3v) is 2.90. The Kier molecular flexibility index (Phi) is 3.11. The summed E-state index contributed by atoms with van der Waals surface area (Å²) in [7, 11) is 0. The zero-order chi connectivity index (χ0) is 13.3. The van der Waals surface area contributed by atoms with Crippen LogP contribution in [0.3, 0.4) is 0 Å². The van der Waals surface area contributed by atoms with Crippen LogP contribution in [-0.4, -0.2) is 15.7 Å². The fourth-order valence-corrected chi connectivity index (χ4v) is 1.83. The van der Waals surface area contributed by atoms with Gasteiger partial charge >= 0.3 is 0 Å². The summed E-state index contributed by atoms with van der Waals surface area (Å²) in [5, 5.41) is 11.9. The Balaban J connectivity index is 2.71. The van der Waals surface area contributed by atoms with E-state index in [0.29, 0.717) is 0 Å². The molecule has 1 heterocycles. The molecule has 2 heteroatoms. The first kappa shape index (κ1) is 12.6. The third-order valence-electron chi connectivity index (χ3n) is 2.90. The number of aryl methyl sites for hydroxylation is 2. The van der Waals surface area contributed by atoms with E-state index in [1.54, 1.807) is 13.8 Å². The summed E-state index contributed by atoms with van der Waals surface area (Å²) in [6, 6.07) is 8.09. The Morgan fingerprint density at radius 2 is 1.72 bits per heavy atom. The Bertz CT molecular complexity index is 654. The molecule has 1 aromatic heterocycles. The number of benzene rings is 1. The first-order valence-corrected chi connectivity index (χ1v) is 6.00. The fraction of sp³-hybridized carbons (Fsp3) is 0.312. The summed E-state index contributed by atoms with van der Waals surface area (Å²) in [5.74, 6) is 5.80. The van der Waals surface area contributed by atoms with Gasteiger partial charge in [0.2, 0.25) is 0 Å². The van der Waals surface area contributed by atoms with Gasteiger partial charge in [0.1, 0.15) is 11.3 Å². The molecule has 0 bridgehead atoms. The number of pyridine rings is 1. The molecule has 0 saturated carbocycles. The lowest BCUT2D eigenvalue weighted by Crippen LogP contribution is -2.14. The van der Waals surface area contributed by atoms with Gasteiger partial charge in [-0.25, -0.2) is 4.98 Å². The van der Waals surface area contributed by atoms with Crippen LogP contribution in [0.4, 0.5) is 0 Å². The van der Waals surface area contributed by atoms with Gasteiger partial charge in [0.05, 0.1) is 0 Å². The molecule has 0 aliphatic heterocycles. The van der Waals surface area contributed by atoms with Gasteiger partial charge in [-0.2, -0.15) is 0 Å². The highest BCUT2D eigenvalue weighted by Crippen LogP contribution is 2.22. The molecule has 0 saturated heterocycles. The van der Waals surface area contributed by atoms with E-state index in [0.717, 1.165) is 16.8 Å². The van der Waals surface area contributed by atoms with E-state index in [4.69, 9.17) is 0 Å². The fourth-order valence-electron chi connectivity index (χ4n) is 1.83. The van der Waals surface area contributed by atoms with E-state index < -0.39 is 5.60 Å². The van der Waals surface area contributed by atoms with Crippen LogP contribution >= 0.6 is 0 Å². The first-order valence-electron chi connectivity index (χ1n) is 6.00. The van der Waals surface area contributed by atoms with Crippen molar-refractivity contribution in [2.75, 3.05) is 0 Å². The third kappa shape index (κ3) is 2.52. The maximum absolute atomic E-state index is 9.67. The van der Waals surface area contributed by atoms with E-state index in [1.165, 1.54) is 10.9 Å². The second kappa shape index (κ2) is 4.44. The number of rotatable bonds is 0. The molecular formula is C16H17NO. The second-order valence-corrected chi connectivity index (χ2v) is 5.03. The van der Waals surface area contributed by atoms with E-state index in [-0.39, 0.29) is 0 Å². The van der Waals surface area contributed by atoms with Crippen molar-refractivity contribution < 1.29 is 5.11 Å². The lowest BCUT2D eigenvalue weighted by atomic mass is 10.0. The van der Waals surface area contributed by atoms with Crippen molar-refractivity contribution in [3.63, 3.8) is 0 Å². The normalized spacial score (nSPS) is 11.2. The summed E-state index contributed by atoms with van der Waals surface area (Å²) >= 11 is 0. The van der Waals surface area contributed by atoms with Crippen LogP contribution in [0.15, 0.2) is 24.3 Å². The van der Waals surface area contributed by atoms with Crippen LogP contribution in [0.1, 0.15) is 30.8 Å². The van der Waals surface area contributed by atoms with Crippen molar-refractivity contribution in [2.24, 2.45) is 0 Å². The van der Waals surface area contributed by atoms with Crippen LogP contribution in [-0.2, 0) is 0 Å². The molecule has 2 aromatic rings. The van der Waals surface area contributed by atoms with E-state index >= 15 is 0 Å². The van der Waals surface area contributed by atoms with Gasteiger partial charge in [0.25, 0.3) is 0 Å². The van der Waals surface area contributed by atoms with E-state index in [9.17, 15) is 5.11 Å². The zero-order valence-corrected chi connectivity index (χ0v) is 11.2. The molecule has 2 rings (SSSR count). The molecule has 0 aliphatic rings. The zero-order valence-electron chi connectivity index (χ0n) is 11.2. The van der Waals surface area contributed by atoms with Gasteiger partial charge in [-0.3, -0.25) is 0 Å². The lowest BCUT2D eigenvalue weighted by Gasteiger charge is -2.09. The molecule has 0 fully saturated rings. The second-order valence-electron chi connectivity index (χ2n) is 5.03. The molecule has 1 N–H and O–H groups in total. The maximum atomic E-state index is 9.67. The molecule has 92 valence electrons. The van der Waals surface area contributed by atoms with Crippen LogP contribution in [0.25, 0.3) is 10.8 Å². The van der Waals surface area contributed by atoms with Crippen molar-refractivity contribution in [3.05, 3.63) is 41.2 Å². The maximum Gasteiger partial charge on any atom is 0.121 e. The molecule has 1 aromatic carbocycles. The van der Waals surface area contributed by atoms with Gasteiger partial charge in [0.15, 0.2) is 0 Å². The number of hydrogen-bond donors (Lipinski definition) is 1. The van der Waals surface area contributed by atoms with Crippen molar-refractivity contribution >= 4 is 10.8 Å². The summed E-state index contributed by atoms with van der Waals surface area (Å²) in [6.45, 7) is 7.39. The topological polar surface area (TPSA) is 33.1 Å². The van der Waals surface area contributed by atoms with E-state index in [1.807, 2.05) is 25.1 Å². The minimum absolute atomic E-state index is 0.732. The van der Waals surface area contributed by atoms with E-state index in [2.05, 4.69) is 29.8 Å². The Hall–Kier alpha value is -1.85. The monoisotopic (exact) mass is 239 g/mol. The summed E-state index contributed by atoms with van der Waals surface area (Å²) in [4.78, 5) is 4.52. The van der Waals surface area contributed by atoms with Gasteiger partial charge in [-0.05, 0) is 44.6 Å². The molecular weight excluding hydrogens is 222 g/mol. The van der Waals surface area contributed by atoms with Crippen LogP contribution in [0, 0.1) is 25.7 Å². The molecule has 0 spiro atoms. The van der Waals surface area contributed by atoms with Crippen molar-refractivity contribution in [1.29, 1.82) is 0 Å². The molecule has 2 nitrogen and oxygen atoms in total. The summed E-state index contributed by atoms with van der Waals surface area (Å²) in [6.07, 6.45) is 0. The average Bonchev–Trinajstić information content (AvgIpc) is 2.31. The summed E-state index contributed by atoms with van der Waals surface area (Å²) < 4.78 is 0. The predicted octanol–water partition coefficient (Wildman–Crippen LogP) is 2.97. The molecule has 0 aliphatic carbocycles. The molecule has 18 heavy (non-hydrogen) atoms. The van der Waals surface area contributed by atoms with Crippen molar-refractivity contribution in [2.45, 2.75) is 33.3 Å². The summed E-state index contributed by atoms with van der Waals surface area (Å²) in [5.41, 5.74) is 1.89. The Labute approximate surface area is 108 Å². The molecule has 0 amide bonds. The standard InChI is InChI=1S/C16H17NO/c1-11-12(2)17-15(9-10-16(3,4)18)14-8-6-5-7-13(11)14/h5-8,18H,1-4H3. The van der Waals surface area contributed by atoms with Crippen LogP contribution in [0.5, 0.6) is 0 Å². The first-order chi connectivity index (χ1) is 8.38. The molecule has 0 radical (unpaired) electrons. The number of aliphatic hydroxyl groups is 1. The number of hydrogen-bond acceptors (Lipinski definition) is 2. The minimum atomic E-state index is -0.998. The quantitative estimate of drug-likeness (QED) is 0.717. The predicted molar refractivity (Wildman–Crippen MR) is 74.4 cm³/mol. The molecule has 0 unspecified atom stereocenters. The van der Waals surface area contributed by atoms with Crippen LogP contribution < -0.4 is 0 Å². The highest BCUT2D eigenvalue weighted by molar-refractivity contribution is 5.89. The minimum Gasteiger partial charge on any atom is -0.378 e. The highest BCUT2D eigenvalue weighted by atomic mass is 16.3. The largest absolute Gasteiger partial charge is 0.378 e. The van der Waals surface area contributed by atoms with Gasteiger partial charge < -0.3 is 5.11 Å². The van der Waals surface area contributed by atoms with Crippen molar-refractivity contribution in [3.8, 4) is 11.8 Å². The Morgan fingerprint density at radius 3 is 2.33 bits per heavy atom. The van der Waals surface area contributed by atoms with Gasteiger partial charge in [0, 0.05) is 11.1 Å². The van der Waals surface area contributed by atoms with Gasteiger partial charge in [-0.1, -0.05) is 30.2 Å². The Morgan fingerprint density at radius 1 is 1.11 bits per heavy atom. The molecule has 0 atom stereocenters. The average molecular weight is 239 g/mol. The number of nitrogens with zero attached hydrogens (tertiary/aromatic N) is 1. The van der Waals surface area contributed by atoms with Gasteiger partial charge in [-0.15, -0.1) is 0 Å². The highest BCUT2D eigenvalue weighted by Gasteiger charge is 2.09. The lowest BCUT2D eigenvalue weighted by molar-refractivity contribution is 0.143. The smallest absolute Gasteiger partial charge is 0.121 e. The number of aromatic nitrogens is 1. The van der Waals surface area contributed by atoms with Crippen molar-refractivity contribution in [1.82, 2.24) is 4.98 Å². The number of fused-ring (bicyclic) bond motifs is 1. The van der Waals surface area contributed by atoms with Crippen LogP contribution in [0.2, 0.25) is 0 Å². The SMILES string of the molecule is Cc1nc(C#CC(C)(C)O)c2ccccc2c1C.